The predicted molar refractivity (Wildman–Crippen MR) is 209 cm³/mol. The van der Waals surface area contributed by atoms with E-state index in [1.54, 1.807) is 0 Å². The zero-order valence-electron chi connectivity index (χ0n) is 28.7. The number of benzene rings is 6. The van der Waals surface area contributed by atoms with Crippen LogP contribution in [0, 0.1) is 6.92 Å². The summed E-state index contributed by atoms with van der Waals surface area (Å²) >= 11 is 0. The summed E-state index contributed by atoms with van der Waals surface area (Å²) in [6.07, 6.45) is 0. The van der Waals surface area contributed by atoms with Crippen molar-refractivity contribution < 1.29 is 0 Å². The number of aliphatic imine (C=N–C) groups is 2. The first-order chi connectivity index (χ1) is 23.9. The maximum Gasteiger partial charge on any atom is 0.0748 e. The lowest BCUT2D eigenvalue weighted by Crippen LogP contribution is -2.16. The van der Waals surface area contributed by atoms with E-state index in [1.165, 1.54) is 22.3 Å². The molecule has 0 unspecified atom stereocenters. The lowest BCUT2D eigenvalue weighted by molar-refractivity contribution is 0.660. The van der Waals surface area contributed by atoms with Crippen molar-refractivity contribution in [3.05, 3.63) is 191 Å². The second-order valence-corrected chi connectivity index (χ2v) is 13.2. The number of anilines is 3. The molecule has 0 aliphatic heterocycles. The Bertz CT molecular complexity index is 2190. The van der Waals surface area contributed by atoms with Gasteiger partial charge in [-0.2, -0.15) is 0 Å². The quantitative estimate of drug-likeness (QED) is 0.145. The zero-order valence-corrected chi connectivity index (χ0v) is 28.7. The highest BCUT2D eigenvalue weighted by molar-refractivity contribution is 6.16. The largest absolute Gasteiger partial charge is 0.310 e. The van der Waals surface area contributed by atoms with E-state index in [4.69, 9.17) is 4.99 Å². The average Bonchev–Trinajstić information content (AvgIpc) is 3.37. The summed E-state index contributed by atoms with van der Waals surface area (Å²) in [4.78, 5) is 12.1. The lowest BCUT2D eigenvalue weighted by atomic mass is 9.82. The molecule has 6 aromatic carbocycles. The second kappa shape index (κ2) is 13.4. The van der Waals surface area contributed by atoms with Gasteiger partial charge in [0, 0.05) is 39.2 Å². The van der Waals surface area contributed by atoms with Gasteiger partial charge in [0.15, 0.2) is 0 Å². The maximum atomic E-state index is 5.21. The molecule has 0 N–H and O–H groups in total. The normalized spacial score (nSPS) is 13.7. The van der Waals surface area contributed by atoms with Crippen LogP contribution in [0.25, 0.3) is 16.8 Å². The van der Waals surface area contributed by atoms with Crippen molar-refractivity contribution in [1.82, 2.24) is 0 Å². The predicted octanol–water partition coefficient (Wildman–Crippen LogP) is 11.9. The van der Waals surface area contributed by atoms with Crippen LogP contribution in [0.15, 0.2) is 167 Å². The van der Waals surface area contributed by atoms with Gasteiger partial charge in [-0.15, -0.1) is 0 Å². The minimum atomic E-state index is -0.0740. The van der Waals surface area contributed by atoms with Gasteiger partial charge in [0.1, 0.15) is 0 Å². The molecule has 0 bridgehead atoms. The van der Waals surface area contributed by atoms with Gasteiger partial charge in [-0.1, -0.05) is 129 Å². The molecule has 49 heavy (non-hydrogen) atoms. The molecule has 1 aliphatic rings. The summed E-state index contributed by atoms with van der Waals surface area (Å²) in [7, 11) is 0. The summed E-state index contributed by atoms with van der Waals surface area (Å²) < 4.78 is 0. The first kappa shape index (κ1) is 31.8. The molecule has 0 fully saturated rings. The van der Waals surface area contributed by atoms with Crippen LogP contribution in [0.5, 0.6) is 0 Å². The summed E-state index contributed by atoms with van der Waals surface area (Å²) in [5.41, 5.74) is 15.9. The molecule has 240 valence electrons. The van der Waals surface area contributed by atoms with Crippen LogP contribution in [0.1, 0.15) is 54.2 Å². The third-order valence-electron chi connectivity index (χ3n) is 9.77. The molecule has 0 radical (unpaired) electrons. The van der Waals surface area contributed by atoms with Crippen molar-refractivity contribution in [2.75, 3.05) is 4.90 Å². The van der Waals surface area contributed by atoms with Gasteiger partial charge in [0.2, 0.25) is 0 Å². The topological polar surface area (TPSA) is 28.0 Å². The molecule has 0 saturated heterocycles. The van der Waals surface area contributed by atoms with E-state index in [9.17, 15) is 0 Å². The van der Waals surface area contributed by atoms with Crippen LogP contribution in [-0.2, 0) is 12.0 Å². The van der Waals surface area contributed by atoms with E-state index in [1.807, 2.05) is 18.2 Å². The van der Waals surface area contributed by atoms with Gasteiger partial charge in [0.25, 0.3) is 0 Å². The summed E-state index contributed by atoms with van der Waals surface area (Å²) in [5.74, 6) is 0. The van der Waals surface area contributed by atoms with E-state index in [0.717, 1.165) is 56.3 Å². The number of hydrogen-bond acceptors (Lipinski definition) is 3. The monoisotopic (exact) mass is 635 g/mol. The number of rotatable bonds is 9. The maximum absolute atomic E-state index is 5.21. The third kappa shape index (κ3) is 6.05. The van der Waals surface area contributed by atoms with Crippen LogP contribution in [-0.4, -0.2) is 12.4 Å². The van der Waals surface area contributed by atoms with Crippen LogP contribution in [0.3, 0.4) is 0 Å². The van der Waals surface area contributed by atoms with E-state index in [2.05, 4.69) is 178 Å². The minimum Gasteiger partial charge on any atom is -0.310 e. The Kier molecular flexibility index (Phi) is 8.67. The SMILES string of the molecule is C=N/C(=C(/C)C(=NCc1ccc(N(c2ccccc2)c2ccc3c(c2)C(C)(C)c2ccccc2-3)cc1)c1ccccc1)c1ccccc1C. The van der Waals surface area contributed by atoms with Crippen molar-refractivity contribution in [3.8, 4) is 11.1 Å². The van der Waals surface area contributed by atoms with E-state index in [-0.39, 0.29) is 5.41 Å². The van der Waals surface area contributed by atoms with Gasteiger partial charge >= 0.3 is 0 Å². The zero-order chi connectivity index (χ0) is 34.0. The molecule has 0 heterocycles. The van der Waals surface area contributed by atoms with Crippen LogP contribution < -0.4 is 4.90 Å². The van der Waals surface area contributed by atoms with Gasteiger partial charge in [0.05, 0.1) is 18.0 Å². The van der Waals surface area contributed by atoms with Crippen molar-refractivity contribution in [2.24, 2.45) is 9.98 Å². The number of para-hydroxylation sites is 1. The molecule has 3 nitrogen and oxygen atoms in total. The van der Waals surface area contributed by atoms with Gasteiger partial charge in [-0.05, 0) is 90.3 Å². The smallest absolute Gasteiger partial charge is 0.0748 e. The molecule has 7 rings (SSSR count). The highest BCUT2D eigenvalue weighted by Crippen LogP contribution is 2.50. The number of hydrogen-bond donors (Lipinski definition) is 0. The molecule has 1 aliphatic carbocycles. The van der Waals surface area contributed by atoms with Crippen molar-refractivity contribution in [2.45, 2.75) is 39.7 Å². The fourth-order valence-electron chi connectivity index (χ4n) is 7.16. The molecule has 0 spiro atoms. The Morgan fingerprint density at radius 2 is 1.22 bits per heavy atom. The van der Waals surface area contributed by atoms with Crippen molar-refractivity contribution in [1.29, 1.82) is 0 Å². The second-order valence-electron chi connectivity index (χ2n) is 13.2. The Hall–Kier alpha value is -5.80. The van der Waals surface area contributed by atoms with Crippen molar-refractivity contribution >= 4 is 35.2 Å². The van der Waals surface area contributed by atoms with Crippen LogP contribution >= 0.6 is 0 Å². The van der Waals surface area contributed by atoms with E-state index in [0.29, 0.717) is 6.54 Å². The minimum absolute atomic E-state index is 0.0740. The summed E-state index contributed by atoms with van der Waals surface area (Å²) in [6, 6.07) is 53.8. The fraction of sp³-hybridized carbons (Fsp3) is 0.130. The number of aryl methyl sites for hydroxylation is 1. The molecule has 6 aromatic rings. The number of nitrogens with zero attached hydrogens (tertiary/aromatic N) is 3. The average molecular weight is 636 g/mol. The highest BCUT2D eigenvalue weighted by Gasteiger charge is 2.35. The molecular formula is C46H41N3. The molecular weight excluding hydrogens is 595 g/mol. The Morgan fingerprint density at radius 3 is 1.94 bits per heavy atom. The van der Waals surface area contributed by atoms with Gasteiger partial charge in [-0.3, -0.25) is 9.98 Å². The van der Waals surface area contributed by atoms with Gasteiger partial charge < -0.3 is 4.90 Å². The summed E-state index contributed by atoms with van der Waals surface area (Å²) in [5, 5.41) is 0. The number of allylic oxidation sites excluding steroid dienone is 1. The molecule has 0 saturated carbocycles. The molecule has 3 heteroatoms. The molecule has 0 aromatic heterocycles. The Labute approximate surface area is 290 Å². The fourth-order valence-corrected chi connectivity index (χ4v) is 7.16. The number of fused-ring (bicyclic) bond motifs is 3. The Balaban J connectivity index is 1.25. The van der Waals surface area contributed by atoms with Gasteiger partial charge in [-0.25, -0.2) is 0 Å². The third-order valence-corrected chi connectivity index (χ3v) is 9.77. The highest BCUT2D eigenvalue weighted by atomic mass is 15.1. The van der Waals surface area contributed by atoms with Crippen molar-refractivity contribution in [3.63, 3.8) is 0 Å². The van der Waals surface area contributed by atoms with Crippen LogP contribution in [0.4, 0.5) is 17.1 Å². The Morgan fingerprint density at radius 1 is 0.633 bits per heavy atom. The molecule has 0 amide bonds. The van der Waals surface area contributed by atoms with Crippen LogP contribution in [0.2, 0.25) is 0 Å². The van der Waals surface area contributed by atoms with E-state index < -0.39 is 0 Å². The van der Waals surface area contributed by atoms with E-state index >= 15 is 0 Å². The standard InChI is InChI=1S/C46H41N3/c1-32-16-12-13-21-39(32)45(47-5)33(2)44(35-17-8-6-9-18-35)48-31-34-24-26-37(27-25-34)49(36-19-10-7-11-20-36)38-28-29-41-40-22-14-15-23-42(40)46(3,4)43(41)30-38/h6-30H,5,31H2,1-4H3/b45-33-,48-44?. The lowest BCUT2D eigenvalue weighted by Gasteiger charge is -2.28. The summed E-state index contributed by atoms with van der Waals surface area (Å²) in [6.45, 7) is 13.3. The first-order valence-electron chi connectivity index (χ1n) is 16.9. The first-order valence-corrected chi connectivity index (χ1v) is 16.9. The molecule has 0 atom stereocenters.